The van der Waals surface area contributed by atoms with E-state index >= 15 is 0 Å². The van der Waals surface area contributed by atoms with E-state index in [1.165, 1.54) is 0 Å². The Bertz CT molecular complexity index is 657. The zero-order valence-electron chi connectivity index (χ0n) is 14.9. The second-order valence-corrected chi connectivity index (χ2v) is 5.27. The van der Waals surface area contributed by atoms with E-state index in [4.69, 9.17) is 18.9 Å². The van der Waals surface area contributed by atoms with Crippen molar-refractivity contribution in [1.82, 2.24) is 14.5 Å². The highest BCUT2D eigenvalue weighted by atomic mass is 16.5. The Morgan fingerprint density at radius 2 is 1.83 bits per heavy atom. The van der Waals surface area contributed by atoms with Crippen molar-refractivity contribution in [1.29, 1.82) is 0 Å². The largest absolute Gasteiger partial charge is 0.481 e. The van der Waals surface area contributed by atoms with Crippen LogP contribution in [-0.4, -0.2) is 49.6 Å². The Labute approximate surface area is 142 Å². The molecule has 0 aliphatic rings. The van der Waals surface area contributed by atoms with E-state index in [2.05, 4.69) is 16.9 Å². The Hall–Kier alpha value is -2.28. The third-order valence-electron chi connectivity index (χ3n) is 3.91. The van der Waals surface area contributed by atoms with Crippen molar-refractivity contribution in [2.24, 2.45) is 0 Å². The SMILES string of the molecule is CCC(CCOC)n1cc(-c2ccc(OC)nc2OC)nc1OC. The van der Waals surface area contributed by atoms with Gasteiger partial charge in [0, 0.05) is 32.0 Å². The normalized spacial score (nSPS) is 12.0. The molecule has 0 spiro atoms. The van der Waals surface area contributed by atoms with Gasteiger partial charge in [-0.2, -0.15) is 9.97 Å². The molecule has 0 amide bonds. The van der Waals surface area contributed by atoms with Crippen LogP contribution in [0.4, 0.5) is 0 Å². The quantitative estimate of drug-likeness (QED) is 0.702. The second-order valence-electron chi connectivity index (χ2n) is 5.27. The fourth-order valence-corrected chi connectivity index (χ4v) is 2.60. The van der Waals surface area contributed by atoms with Gasteiger partial charge in [-0.1, -0.05) is 6.92 Å². The number of imidazole rings is 1. The maximum Gasteiger partial charge on any atom is 0.296 e. The summed E-state index contributed by atoms with van der Waals surface area (Å²) >= 11 is 0. The minimum atomic E-state index is 0.248. The van der Waals surface area contributed by atoms with Gasteiger partial charge in [0.05, 0.1) is 32.6 Å². The number of nitrogens with zero attached hydrogens (tertiary/aromatic N) is 3. The van der Waals surface area contributed by atoms with Gasteiger partial charge in [0.1, 0.15) is 0 Å². The van der Waals surface area contributed by atoms with Gasteiger partial charge in [-0.3, -0.25) is 4.57 Å². The van der Waals surface area contributed by atoms with Crippen molar-refractivity contribution in [3.63, 3.8) is 0 Å². The van der Waals surface area contributed by atoms with Crippen molar-refractivity contribution in [3.05, 3.63) is 18.3 Å². The van der Waals surface area contributed by atoms with Crippen LogP contribution in [-0.2, 0) is 4.74 Å². The number of ether oxygens (including phenoxy) is 4. The first-order valence-electron chi connectivity index (χ1n) is 7.89. The lowest BCUT2D eigenvalue weighted by molar-refractivity contribution is 0.174. The van der Waals surface area contributed by atoms with E-state index in [0.29, 0.717) is 24.4 Å². The number of pyridine rings is 1. The van der Waals surface area contributed by atoms with Crippen molar-refractivity contribution >= 4 is 0 Å². The number of hydrogen-bond donors (Lipinski definition) is 0. The van der Waals surface area contributed by atoms with E-state index < -0.39 is 0 Å². The second kappa shape index (κ2) is 8.54. The minimum Gasteiger partial charge on any atom is -0.481 e. The zero-order chi connectivity index (χ0) is 17.5. The monoisotopic (exact) mass is 335 g/mol. The molecule has 2 rings (SSSR count). The van der Waals surface area contributed by atoms with E-state index in [-0.39, 0.29) is 6.04 Å². The summed E-state index contributed by atoms with van der Waals surface area (Å²) in [5, 5.41) is 0. The van der Waals surface area contributed by atoms with E-state index in [1.54, 1.807) is 34.5 Å². The van der Waals surface area contributed by atoms with Crippen LogP contribution in [0.25, 0.3) is 11.3 Å². The van der Waals surface area contributed by atoms with Gasteiger partial charge in [0.2, 0.25) is 11.8 Å². The number of methoxy groups -OCH3 is 4. The Kier molecular flexibility index (Phi) is 6.43. The molecule has 0 N–H and O–H groups in total. The molecule has 2 heterocycles. The minimum absolute atomic E-state index is 0.248. The lowest BCUT2D eigenvalue weighted by Crippen LogP contribution is -2.11. The predicted octanol–water partition coefficient (Wildman–Crippen LogP) is 2.96. The van der Waals surface area contributed by atoms with Crippen molar-refractivity contribution in [2.45, 2.75) is 25.8 Å². The number of hydrogen-bond acceptors (Lipinski definition) is 6. The molecule has 7 nitrogen and oxygen atoms in total. The van der Waals surface area contributed by atoms with E-state index in [9.17, 15) is 0 Å². The fourth-order valence-electron chi connectivity index (χ4n) is 2.60. The molecule has 1 atom stereocenters. The van der Waals surface area contributed by atoms with Crippen molar-refractivity contribution < 1.29 is 18.9 Å². The van der Waals surface area contributed by atoms with Gasteiger partial charge < -0.3 is 18.9 Å². The first-order valence-corrected chi connectivity index (χ1v) is 7.89. The number of rotatable bonds is 9. The number of aromatic nitrogens is 3. The first-order chi connectivity index (χ1) is 11.7. The molecular formula is C17H25N3O4. The summed E-state index contributed by atoms with van der Waals surface area (Å²) in [6.45, 7) is 2.82. The molecule has 2 aromatic heterocycles. The lowest BCUT2D eigenvalue weighted by atomic mass is 10.1. The average molecular weight is 335 g/mol. The Morgan fingerprint density at radius 1 is 1.04 bits per heavy atom. The Balaban J connectivity index is 2.42. The van der Waals surface area contributed by atoms with Gasteiger partial charge in [0.15, 0.2) is 0 Å². The molecular weight excluding hydrogens is 310 g/mol. The molecule has 0 bridgehead atoms. The average Bonchev–Trinajstić information content (AvgIpc) is 3.05. The van der Waals surface area contributed by atoms with Crippen LogP contribution in [0, 0.1) is 0 Å². The molecule has 0 aliphatic carbocycles. The van der Waals surface area contributed by atoms with Crippen LogP contribution in [0.5, 0.6) is 17.8 Å². The summed E-state index contributed by atoms with van der Waals surface area (Å²) < 4.78 is 23.2. The summed E-state index contributed by atoms with van der Waals surface area (Å²) in [6, 6.07) is 4.47. The third kappa shape index (κ3) is 3.79. The van der Waals surface area contributed by atoms with Crippen LogP contribution in [0.2, 0.25) is 0 Å². The molecule has 2 aromatic rings. The summed E-state index contributed by atoms with van der Waals surface area (Å²) in [4.78, 5) is 8.89. The molecule has 0 saturated carbocycles. The maximum atomic E-state index is 5.45. The molecule has 0 saturated heterocycles. The summed E-state index contributed by atoms with van der Waals surface area (Å²) in [7, 11) is 6.47. The third-order valence-corrected chi connectivity index (χ3v) is 3.91. The smallest absolute Gasteiger partial charge is 0.296 e. The highest BCUT2D eigenvalue weighted by molar-refractivity contribution is 5.65. The van der Waals surface area contributed by atoms with E-state index in [0.717, 1.165) is 24.1 Å². The van der Waals surface area contributed by atoms with Gasteiger partial charge in [0.25, 0.3) is 6.01 Å². The molecule has 132 valence electrons. The van der Waals surface area contributed by atoms with Gasteiger partial charge in [-0.25, -0.2) is 0 Å². The van der Waals surface area contributed by atoms with Crippen LogP contribution >= 0.6 is 0 Å². The molecule has 0 radical (unpaired) electrons. The maximum absolute atomic E-state index is 5.45. The van der Waals surface area contributed by atoms with Crippen LogP contribution in [0.15, 0.2) is 18.3 Å². The van der Waals surface area contributed by atoms with Gasteiger partial charge >= 0.3 is 0 Å². The summed E-state index contributed by atoms with van der Waals surface area (Å²) in [5.41, 5.74) is 1.53. The topological polar surface area (TPSA) is 67.6 Å². The fraction of sp³-hybridized carbons (Fsp3) is 0.529. The first kappa shape index (κ1) is 18.1. The van der Waals surface area contributed by atoms with Crippen molar-refractivity contribution in [3.8, 4) is 29.0 Å². The van der Waals surface area contributed by atoms with Crippen LogP contribution in [0.1, 0.15) is 25.8 Å². The molecule has 1 unspecified atom stereocenters. The highest BCUT2D eigenvalue weighted by Crippen LogP contribution is 2.33. The molecule has 24 heavy (non-hydrogen) atoms. The summed E-state index contributed by atoms with van der Waals surface area (Å²) in [6.07, 6.45) is 3.80. The molecule has 0 aromatic carbocycles. The van der Waals surface area contributed by atoms with Crippen LogP contribution < -0.4 is 14.2 Å². The predicted molar refractivity (Wildman–Crippen MR) is 90.9 cm³/mol. The van der Waals surface area contributed by atoms with Gasteiger partial charge in [-0.05, 0) is 18.9 Å². The lowest BCUT2D eigenvalue weighted by Gasteiger charge is -2.17. The van der Waals surface area contributed by atoms with E-state index in [1.807, 2.05) is 16.8 Å². The van der Waals surface area contributed by atoms with Crippen LogP contribution in [0.3, 0.4) is 0 Å². The molecule has 0 fully saturated rings. The Morgan fingerprint density at radius 3 is 2.42 bits per heavy atom. The summed E-state index contributed by atoms with van der Waals surface area (Å²) in [5.74, 6) is 0.958. The standard InChI is InChI=1S/C17H25N3O4/c1-6-12(9-10-21-2)20-11-14(18-17(20)24-5)13-7-8-15(22-3)19-16(13)23-4/h7-8,11-12H,6,9-10H2,1-5H3. The highest BCUT2D eigenvalue weighted by Gasteiger charge is 2.19. The zero-order valence-corrected chi connectivity index (χ0v) is 14.9. The van der Waals surface area contributed by atoms with Gasteiger partial charge in [-0.15, -0.1) is 0 Å². The van der Waals surface area contributed by atoms with Crippen molar-refractivity contribution in [2.75, 3.05) is 35.0 Å². The molecule has 7 heteroatoms. The molecule has 0 aliphatic heterocycles.